The monoisotopic (exact) mass is 348 g/mol. The van der Waals surface area contributed by atoms with Gasteiger partial charge in [-0.05, 0) is 19.1 Å². The number of nitrogens with zero attached hydrogens (tertiary/aromatic N) is 2. The van der Waals surface area contributed by atoms with Gasteiger partial charge in [0.2, 0.25) is 11.8 Å². The Morgan fingerprint density at radius 1 is 1.28 bits per heavy atom. The number of hydrogen-bond acceptors (Lipinski definition) is 5. The molecule has 1 aromatic rings. The molecular formula is C18H24N2O5. The van der Waals surface area contributed by atoms with Gasteiger partial charge in [0.25, 0.3) is 0 Å². The third-order valence-electron chi connectivity index (χ3n) is 4.80. The van der Waals surface area contributed by atoms with Crippen LogP contribution in [0, 0.1) is 5.92 Å². The minimum absolute atomic E-state index is 0.0218. The molecule has 0 N–H and O–H groups in total. The number of rotatable bonds is 4. The van der Waals surface area contributed by atoms with Crippen molar-refractivity contribution in [2.75, 3.05) is 45.4 Å². The average molecular weight is 348 g/mol. The number of carbonyl (C=O) groups is 2. The van der Waals surface area contributed by atoms with Gasteiger partial charge in [-0.3, -0.25) is 9.59 Å². The van der Waals surface area contributed by atoms with Crippen molar-refractivity contribution in [3.05, 3.63) is 18.2 Å². The van der Waals surface area contributed by atoms with Gasteiger partial charge < -0.3 is 24.0 Å². The second kappa shape index (κ2) is 7.31. The van der Waals surface area contributed by atoms with E-state index in [0.717, 1.165) is 0 Å². The lowest BCUT2D eigenvalue weighted by atomic mass is 10.1. The maximum atomic E-state index is 12.8. The van der Waals surface area contributed by atoms with Crippen LogP contribution in [0.4, 0.5) is 5.69 Å². The van der Waals surface area contributed by atoms with Gasteiger partial charge >= 0.3 is 0 Å². The molecule has 0 unspecified atom stereocenters. The van der Waals surface area contributed by atoms with Gasteiger partial charge in [-0.1, -0.05) is 0 Å². The van der Waals surface area contributed by atoms with Crippen LogP contribution in [0.2, 0.25) is 0 Å². The number of hydrogen-bond donors (Lipinski definition) is 0. The zero-order valence-electron chi connectivity index (χ0n) is 14.9. The molecule has 0 radical (unpaired) electrons. The number of benzene rings is 1. The first-order valence-corrected chi connectivity index (χ1v) is 8.45. The molecule has 2 atom stereocenters. The Morgan fingerprint density at radius 2 is 2.08 bits per heavy atom. The van der Waals surface area contributed by atoms with Crippen LogP contribution < -0.4 is 14.4 Å². The average Bonchev–Trinajstić information content (AvgIpc) is 3.02. The quantitative estimate of drug-likeness (QED) is 0.820. The van der Waals surface area contributed by atoms with E-state index in [0.29, 0.717) is 43.5 Å². The van der Waals surface area contributed by atoms with Crippen LogP contribution in [-0.4, -0.2) is 63.3 Å². The first-order chi connectivity index (χ1) is 12.0. The van der Waals surface area contributed by atoms with Crippen molar-refractivity contribution in [1.29, 1.82) is 0 Å². The molecule has 2 fully saturated rings. The van der Waals surface area contributed by atoms with Crippen LogP contribution in [0.5, 0.6) is 11.5 Å². The Hall–Kier alpha value is -2.28. The summed E-state index contributed by atoms with van der Waals surface area (Å²) in [6.07, 6.45) is 0.212. The molecule has 2 aliphatic heterocycles. The molecule has 0 saturated carbocycles. The minimum atomic E-state index is -0.344. The number of carbonyl (C=O) groups excluding carboxylic acids is 2. The van der Waals surface area contributed by atoms with E-state index < -0.39 is 0 Å². The van der Waals surface area contributed by atoms with E-state index >= 15 is 0 Å². The largest absolute Gasteiger partial charge is 0.497 e. The van der Waals surface area contributed by atoms with E-state index in [9.17, 15) is 9.59 Å². The molecule has 0 bridgehead atoms. The molecule has 2 aliphatic rings. The molecule has 0 aromatic heterocycles. The van der Waals surface area contributed by atoms with E-state index in [1.54, 1.807) is 37.3 Å². The van der Waals surface area contributed by atoms with Crippen LogP contribution in [0.3, 0.4) is 0 Å². The first kappa shape index (κ1) is 17.5. The van der Waals surface area contributed by atoms with Crippen LogP contribution >= 0.6 is 0 Å². The summed E-state index contributed by atoms with van der Waals surface area (Å²) in [7, 11) is 3.13. The zero-order chi connectivity index (χ0) is 18.0. The van der Waals surface area contributed by atoms with Gasteiger partial charge in [0, 0.05) is 25.6 Å². The van der Waals surface area contributed by atoms with Crippen molar-refractivity contribution in [3.8, 4) is 11.5 Å². The lowest BCUT2D eigenvalue weighted by Crippen LogP contribution is -2.49. The van der Waals surface area contributed by atoms with Crippen molar-refractivity contribution < 1.29 is 23.8 Å². The molecule has 2 amide bonds. The molecule has 25 heavy (non-hydrogen) atoms. The van der Waals surface area contributed by atoms with E-state index in [2.05, 4.69) is 0 Å². The highest BCUT2D eigenvalue weighted by molar-refractivity contribution is 6.01. The number of amides is 2. The molecule has 7 heteroatoms. The van der Waals surface area contributed by atoms with Crippen LogP contribution in [0.1, 0.15) is 13.3 Å². The van der Waals surface area contributed by atoms with Gasteiger partial charge in [0.1, 0.15) is 11.5 Å². The molecule has 0 aliphatic carbocycles. The van der Waals surface area contributed by atoms with Gasteiger partial charge in [0.15, 0.2) is 0 Å². The number of morpholine rings is 1. The smallest absolute Gasteiger partial charge is 0.228 e. The standard InChI is InChI=1S/C18H24N2O5/c1-12-11-25-7-6-19(12)18(22)13-8-17(21)20(10-13)15-9-14(23-2)4-5-16(15)24-3/h4-5,9,12-13H,6-8,10-11H2,1-3H3/t12-,13-/m0/s1. The van der Waals surface area contributed by atoms with Gasteiger partial charge in [-0.25, -0.2) is 0 Å². The summed E-state index contributed by atoms with van der Waals surface area (Å²) >= 11 is 0. The van der Waals surface area contributed by atoms with Crippen LogP contribution in [0.25, 0.3) is 0 Å². The normalized spacial score (nSPS) is 23.7. The topological polar surface area (TPSA) is 68.3 Å². The van der Waals surface area contributed by atoms with Crippen molar-refractivity contribution in [2.45, 2.75) is 19.4 Å². The number of methoxy groups -OCH3 is 2. The van der Waals surface area contributed by atoms with Crippen molar-refractivity contribution in [3.63, 3.8) is 0 Å². The van der Waals surface area contributed by atoms with Gasteiger partial charge in [0.05, 0.1) is 45.1 Å². The SMILES string of the molecule is COc1ccc(OC)c(N2C[C@@H](C(=O)N3CCOC[C@@H]3C)CC2=O)c1. The Morgan fingerprint density at radius 3 is 2.76 bits per heavy atom. The summed E-state index contributed by atoms with van der Waals surface area (Å²) in [5.74, 6) is 0.824. The fourth-order valence-electron chi connectivity index (χ4n) is 3.40. The maximum absolute atomic E-state index is 12.8. The van der Waals surface area contributed by atoms with Gasteiger partial charge in [-0.15, -0.1) is 0 Å². The molecule has 2 heterocycles. The van der Waals surface area contributed by atoms with E-state index in [1.165, 1.54) is 0 Å². The van der Waals surface area contributed by atoms with Gasteiger partial charge in [-0.2, -0.15) is 0 Å². The van der Waals surface area contributed by atoms with E-state index in [1.807, 2.05) is 11.8 Å². The third kappa shape index (κ3) is 3.42. The summed E-state index contributed by atoms with van der Waals surface area (Å²) in [5.41, 5.74) is 0.636. The summed E-state index contributed by atoms with van der Waals surface area (Å²) in [4.78, 5) is 28.8. The summed E-state index contributed by atoms with van der Waals surface area (Å²) in [6, 6.07) is 5.35. The Kier molecular flexibility index (Phi) is 5.13. The lowest BCUT2D eigenvalue weighted by Gasteiger charge is -2.35. The number of anilines is 1. The predicted molar refractivity (Wildman–Crippen MR) is 92.0 cm³/mol. The molecule has 1 aromatic carbocycles. The molecule has 136 valence electrons. The lowest BCUT2D eigenvalue weighted by molar-refractivity contribution is -0.143. The molecule has 7 nitrogen and oxygen atoms in total. The van der Waals surface area contributed by atoms with Crippen molar-refractivity contribution >= 4 is 17.5 Å². The summed E-state index contributed by atoms with van der Waals surface area (Å²) in [6.45, 7) is 3.99. The predicted octanol–water partition coefficient (Wildman–Crippen LogP) is 1.30. The second-order valence-corrected chi connectivity index (χ2v) is 6.40. The fraction of sp³-hybridized carbons (Fsp3) is 0.556. The highest BCUT2D eigenvalue weighted by Crippen LogP contribution is 2.36. The van der Waals surface area contributed by atoms with E-state index in [4.69, 9.17) is 14.2 Å². The Balaban J connectivity index is 1.80. The molecule has 2 saturated heterocycles. The van der Waals surface area contributed by atoms with Crippen LogP contribution in [-0.2, 0) is 14.3 Å². The second-order valence-electron chi connectivity index (χ2n) is 6.40. The molecule has 3 rings (SSSR count). The number of ether oxygens (including phenoxy) is 3. The fourth-order valence-corrected chi connectivity index (χ4v) is 3.40. The molecular weight excluding hydrogens is 324 g/mol. The summed E-state index contributed by atoms with van der Waals surface area (Å²) < 4.78 is 16.0. The first-order valence-electron chi connectivity index (χ1n) is 8.45. The van der Waals surface area contributed by atoms with Crippen LogP contribution in [0.15, 0.2) is 18.2 Å². The summed E-state index contributed by atoms with van der Waals surface area (Å²) in [5, 5.41) is 0. The third-order valence-corrected chi connectivity index (χ3v) is 4.80. The zero-order valence-corrected chi connectivity index (χ0v) is 14.9. The van der Waals surface area contributed by atoms with E-state index in [-0.39, 0.29) is 30.2 Å². The van der Waals surface area contributed by atoms with Crippen molar-refractivity contribution in [1.82, 2.24) is 4.90 Å². The van der Waals surface area contributed by atoms with Crippen molar-refractivity contribution in [2.24, 2.45) is 5.92 Å². The highest BCUT2D eigenvalue weighted by atomic mass is 16.5. The highest BCUT2D eigenvalue weighted by Gasteiger charge is 2.39. The minimum Gasteiger partial charge on any atom is -0.497 e. The maximum Gasteiger partial charge on any atom is 0.228 e. The Labute approximate surface area is 147 Å². The Bertz CT molecular complexity index is 663. The molecule has 0 spiro atoms.